The zero-order valence-corrected chi connectivity index (χ0v) is 13.5. The number of amides is 2. The molecule has 0 aliphatic carbocycles. The first kappa shape index (κ1) is 20.3. The van der Waals surface area contributed by atoms with Gasteiger partial charge in [-0.25, -0.2) is 0 Å². The maximum atomic E-state index is 11.6. The van der Waals surface area contributed by atoms with Crippen molar-refractivity contribution in [3.05, 3.63) is 71.8 Å². The lowest BCUT2D eigenvalue weighted by atomic mass is 10.2. The number of benzene rings is 2. The molecule has 128 valence electrons. The Balaban J connectivity index is -0.000000934. The molecule has 0 atom stereocenters. The quantitative estimate of drug-likeness (QED) is 0.846. The van der Waals surface area contributed by atoms with E-state index >= 15 is 0 Å². The van der Waals surface area contributed by atoms with E-state index in [1.54, 1.807) is 0 Å². The topological polar surface area (TPSA) is 89.7 Å². The molecule has 0 radical (unpaired) electrons. The van der Waals surface area contributed by atoms with Gasteiger partial charge >= 0.3 is 11.8 Å². The molecule has 0 fully saturated rings. The third kappa shape index (κ3) is 7.78. The molecule has 0 unspecified atom stereocenters. The molecule has 2 amide bonds. The molecule has 2 aromatic rings. The van der Waals surface area contributed by atoms with E-state index in [4.69, 9.17) is 0 Å². The summed E-state index contributed by atoms with van der Waals surface area (Å²) in [6, 6.07) is 18.9. The van der Waals surface area contributed by atoms with Crippen LogP contribution in [0.1, 0.15) is 27.8 Å². The first-order valence-electron chi connectivity index (χ1n) is 7.39. The zero-order chi connectivity index (χ0) is 16.2. The molecule has 0 aliphatic rings. The van der Waals surface area contributed by atoms with Crippen LogP contribution >= 0.6 is 0 Å². The lowest BCUT2D eigenvalue weighted by Crippen LogP contribution is -2.39. The number of hydrogen-bond donors (Lipinski definition) is 2. The van der Waals surface area contributed by atoms with Crippen LogP contribution < -0.4 is 10.6 Å². The van der Waals surface area contributed by atoms with Gasteiger partial charge < -0.3 is 16.1 Å². The Hall–Kier alpha value is -2.66. The number of carbonyl (C=O) groups excluding carboxylic acids is 2. The third-order valence-electron chi connectivity index (χ3n) is 2.80. The van der Waals surface area contributed by atoms with Gasteiger partial charge in [-0.15, -0.1) is 0 Å². The molecule has 5 nitrogen and oxygen atoms in total. The number of carbonyl (C=O) groups is 2. The molecule has 0 saturated carbocycles. The Bertz CT molecular complexity index is 528. The number of rotatable bonds is 4. The molecule has 0 bridgehead atoms. The molecule has 4 N–H and O–H groups in total. The molecule has 2 rings (SSSR count). The van der Waals surface area contributed by atoms with E-state index in [0.717, 1.165) is 11.1 Å². The van der Waals surface area contributed by atoms with Crippen LogP contribution in [0.5, 0.6) is 0 Å². The zero-order valence-electron chi connectivity index (χ0n) is 13.5. The van der Waals surface area contributed by atoms with Gasteiger partial charge in [-0.3, -0.25) is 9.59 Å². The normalized spacial score (nSPS) is 8.78. The van der Waals surface area contributed by atoms with Crippen molar-refractivity contribution >= 4 is 11.8 Å². The van der Waals surface area contributed by atoms with Gasteiger partial charge in [0.1, 0.15) is 0 Å². The van der Waals surface area contributed by atoms with Crippen molar-refractivity contribution in [2.75, 3.05) is 0 Å². The monoisotopic (exact) mass is 320 g/mol. The van der Waals surface area contributed by atoms with E-state index in [9.17, 15) is 9.59 Å². The van der Waals surface area contributed by atoms with E-state index in [1.165, 1.54) is 0 Å². The second kappa shape index (κ2) is 11.9. The summed E-state index contributed by atoms with van der Waals surface area (Å²) >= 11 is 0. The fourth-order valence-electron chi connectivity index (χ4n) is 1.72. The lowest BCUT2D eigenvalue weighted by Gasteiger charge is -2.06. The van der Waals surface area contributed by atoms with Crippen LogP contribution in [0.2, 0.25) is 0 Å². The Kier molecular flexibility index (Phi) is 10.6. The van der Waals surface area contributed by atoms with E-state index in [2.05, 4.69) is 10.6 Å². The van der Waals surface area contributed by atoms with Gasteiger partial charge in [0.05, 0.1) is 0 Å². The predicted octanol–water partition coefficient (Wildman–Crippen LogP) is 2.31. The van der Waals surface area contributed by atoms with Gasteiger partial charge in [0.25, 0.3) is 0 Å². The van der Waals surface area contributed by atoms with Crippen LogP contribution in [0.4, 0.5) is 0 Å². The van der Waals surface area contributed by atoms with Crippen LogP contribution in [-0.4, -0.2) is 17.3 Å². The Morgan fingerprint density at radius 1 is 0.739 bits per heavy atom. The molecule has 0 saturated heterocycles. The molecule has 0 aromatic heterocycles. The largest absolute Gasteiger partial charge is 0.412 e. The van der Waals surface area contributed by atoms with E-state index in [-0.39, 0.29) is 8.33 Å². The summed E-state index contributed by atoms with van der Waals surface area (Å²) in [4.78, 5) is 23.2. The fraction of sp³-hybridized carbons (Fsp3) is 0.222. The summed E-state index contributed by atoms with van der Waals surface area (Å²) in [6.45, 7) is 4.69. The molecule has 0 aliphatic heterocycles. The third-order valence-corrected chi connectivity index (χ3v) is 2.80. The molecule has 23 heavy (non-hydrogen) atoms. The van der Waals surface area contributed by atoms with Gasteiger partial charge in [-0.05, 0) is 11.1 Å². The van der Waals surface area contributed by atoms with E-state index in [1.807, 2.05) is 74.5 Å². The van der Waals surface area contributed by atoms with E-state index < -0.39 is 11.8 Å². The van der Waals surface area contributed by atoms with Crippen LogP contribution in [0, 0.1) is 0 Å². The summed E-state index contributed by atoms with van der Waals surface area (Å²) in [5.41, 5.74) is 1.91. The van der Waals surface area contributed by atoms with Gasteiger partial charge in [-0.2, -0.15) is 0 Å². The first-order chi connectivity index (χ1) is 10.8. The maximum absolute atomic E-state index is 11.6. The van der Waals surface area contributed by atoms with Crippen LogP contribution in [0.25, 0.3) is 0 Å². The summed E-state index contributed by atoms with van der Waals surface area (Å²) in [6.07, 6.45) is 0. The number of hydrogen-bond acceptors (Lipinski definition) is 2. The van der Waals surface area contributed by atoms with E-state index in [0.29, 0.717) is 13.1 Å². The summed E-state index contributed by atoms with van der Waals surface area (Å²) in [5, 5.41) is 5.17. The summed E-state index contributed by atoms with van der Waals surface area (Å²) in [5.74, 6) is -1.24. The minimum Gasteiger partial charge on any atom is -0.412 e. The average molecular weight is 320 g/mol. The summed E-state index contributed by atoms with van der Waals surface area (Å²) < 4.78 is 0. The highest BCUT2D eigenvalue weighted by molar-refractivity contribution is 6.35. The second-order valence-electron chi connectivity index (χ2n) is 4.34. The van der Waals surface area contributed by atoms with Crippen molar-refractivity contribution in [2.45, 2.75) is 26.9 Å². The van der Waals surface area contributed by atoms with Crippen molar-refractivity contribution in [1.29, 1.82) is 0 Å². The molecule has 5 heteroatoms. The Morgan fingerprint density at radius 3 is 1.35 bits per heavy atom. The summed E-state index contributed by atoms with van der Waals surface area (Å²) in [7, 11) is 0. The maximum Gasteiger partial charge on any atom is 0.309 e. The Morgan fingerprint density at radius 2 is 1.04 bits per heavy atom. The second-order valence-corrected chi connectivity index (χ2v) is 4.34. The van der Waals surface area contributed by atoms with Crippen molar-refractivity contribution in [3.8, 4) is 0 Å². The smallest absolute Gasteiger partial charge is 0.309 e. The highest BCUT2D eigenvalue weighted by Gasteiger charge is 2.12. The lowest BCUT2D eigenvalue weighted by molar-refractivity contribution is -0.139. The van der Waals surface area contributed by atoms with Gasteiger partial charge in [0, 0.05) is 15.9 Å². The minimum absolute atomic E-state index is 0. The fourth-order valence-corrected chi connectivity index (χ4v) is 1.72. The standard InChI is InChI=1S/C16H16N2O2.C2H6.H2O.2H2/c19-15(17-11-13-7-3-1-4-8-13)16(20)18-12-14-9-5-2-6-10-14;1-2;;;/h1-10H,11-12H2,(H,17,19)(H,18,20);1-2H3;1H2;2*1H. The van der Waals surface area contributed by atoms with Gasteiger partial charge in [0.15, 0.2) is 0 Å². The molecule has 0 heterocycles. The molecule has 2 aromatic carbocycles. The van der Waals surface area contributed by atoms with Gasteiger partial charge in [0.2, 0.25) is 0 Å². The average Bonchev–Trinajstić information content (AvgIpc) is 2.61. The SMILES string of the molecule is CC.O.O=C(NCc1ccccc1)C(=O)NCc1ccccc1.[HH].[HH]. The minimum atomic E-state index is -0.621. The predicted molar refractivity (Wildman–Crippen MR) is 95.8 cm³/mol. The van der Waals surface area contributed by atoms with Crippen LogP contribution in [0.15, 0.2) is 60.7 Å². The Labute approximate surface area is 140 Å². The number of nitrogens with one attached hydrogen (secondary N) is 2. The molecule has 0 spiro atoms. The van der Waals surface area contributed by atoms with Crippen molar-refractivity contribution in [1.82, 2.24) is 10.6 Å². The molecular weight excluding hydrogens is 292 g/mol. The van der Waals surface area contributed by atoms with Crippen molar-refractivity contribution < 1.29 is 17.9 Å². The van der Waals surface area contributed by atoms with Crippen molar-refractivity contribution in [3.63, 3.8) is 0 Å². The highest BCUT2D eigenvalue weighted by atomic mass is 16.2. The van der Waals surface area contributed by atoms with Crippen LogP contribution in [0.3, 0.4) is 0 Å². The van der Waals surface area contributed by atoms with Gasteiger partial charge in [-0.1, -0.05) is 74.5 Å². The highest BCUT2D eigenvalue weighted by Crippen LogP contribution is 1.98. The van der Waals surface area contributed by atoms with Crippen molar-refractivity contribution in [2.24, 2.45) is 0 Å². The van der Waals surface area contributed by atoms with Crippen LogP contribution in [-0.2, 0) is 22.7 Å². The molecular formula is C18H28N2O3. The first-order valence-corrected chi connectivity index (χ1v) is 7.39.